The molecule has 0 saturated carbocycles. The maximum atomic E-state index is 5.44. The van der Waals surface area contributed by atoms with Gasteiger partial charge in [-0.3, -0.25) is 0 Å². The van der Waals surface area contributed by atoms with Gasteiger partial charge in [0.05, 0.1) is 13.2 Å². The molecular weight excluding hydrogens is 212 g/mol. The number of nitrogens with zero attached hydrogens (tertiary/aromatic N) is 1. The van der Waals surface area contributed by atoms with Gasteiger partial charge in [0.2, 0.25) is 0 Å². The van der Waals surface area contributed by atoms with E-state index in [1.165, 1.54) is 11.3 Å². The van der Waals surface area contributed by atoms with E-state index in [4.69, 9.17) is 4.74 Å². The highest BCUT2D eigenvalue weighted by Crippen LogP contribution is 2.28. The fraction of sp³-hybridized carbons (Fsp3) is 0.571. The van der Waals surface area contributed by atoms with Crippen molar-refractivity contribution in [2.75, 3.05) is 39.4 Å². The highest BCUT2D eigenvalue weighted by atomic mass is 16.5. The molecule has 17 heavy (non-hydrogen) atoms. The Morgan fingerprint density at radius 2 is 2.12 bits per heavy atom. The van der Waals surface area contributed by atoms with E-state index in [9.17, 15) is 0 Å². The van der Waals surface area contributed by atoms with Gasteiger partial charge in [-0.25, -0.2) is 0 Å². The molecule has 3 nitrogen and oxygen atoms in total. The summed E-state index contributed by atoms with van der Waals surface area (Å²) in [5, 5.41) is 3.46. The lowest BCUT2D eigenvalue weighted by atomic mass is 9.98. The van der Waals surface area contributed by atoms with Crippen LogP contribution in [0, 0.1) is 0 Å². The smallest absolute Gasteiger partial charge is 0.0642 e. The molecule has 3 rings (SSSR count). The molecule has 0 aromatic carbocycles. The summed E-state index contributed by atoms with van der Waals surface area (Å²) in [4.78, 5) is 2.50. The van der Waals surface area contributed by atoms with Crippen molar-refractivity contribution < 1.29 is 4.74 Å². The van der Waals surface area contributed by atoms with Crippen LogP contribution in [0.5, 0.6) is 0 Å². The van der Waals surface area contributed by atoms with Gasteiger partial charge in [-0.15, -0.1) is 0 Å². The average molecular weight is 232 g/mol. The van der Waals surface area contributed by atoms with Crippen molar-refractivity contribution in [3.05, 3.63) is 35.1 Å². The normalized spacial score (nSPS) is 25.4. The molecule has 2 aliphatic heterocycles. The number of nitrogens with one attached hydrogen (secondary N) is 1. The minimum absolute atomic E-state index is 0.867. The average Bonchev–Trinajstić information content (AvgIpc) is 2.62. The Morgan fingerprint density at radius 1 is 1.24 bits per heavy atom. The van der Waals surface area contributed by atoms with E-state index in [2.05, 4.69) is 28.4 Å². The van der Waals surface area contributed by atoms with Crippen molar-refractivity contribution in [2.24, 2.45) is 0 Å². The van der Waals surface area contributed by atoms with Crippen molar-refractivity contribution in [3.63, 3.8) is 0 Å². The maximum absolute atomic E-state index is 5.44. The van der Waals surface area contributed by atoms with Crippen LogP contribution in [0.15, 0.2) is 35.1 Å². The molecule has 3 aliphatic rings. The fourth-order valence-electron chi connectivity index (χ4n) is 2.79. The van der Waals surface area contributed by atoms with Gasteiger partial charge in [-0.05, 0) is 30.5 Å². The third kappa shape index (κ3) is 2.31. The zero-order valence-corrected chi connectivity index (χ0v) is 10.2. The molecule has 1 aliphatic carbocycles. The lowest BCUT2D eigenvalue weighted by Crippen LogP contribution is -2.37. The molecule has 0 spiro atoms. The summed E-state index contributed by atoms with van der Waals surface area (Å²) in [6, 6.07) is 0. The Bertz CT molecular complexity index is 376. The van der Waals surface area contributed by atoms with Gasteiger partial charge in [-0.1, -0.05) is 18.2 Å². The van der Waals surface area contributed by atoms with E-state index < -0.39 is 0 Å². The van der Waals surface area contributed by atoms with Crippen LogP contribution in [0.25, 0.3) is 0 Å². The highest BCUT2D eigenvalue weighted by Gasteiger charge is 2.21. The maximum Gasteiger partial charge on any atom is 0.0642 e. The van der Waals surface area contributed by atoms with Crippen molar-refractivity contribution in [1.29, 1.82) is 0 Å². The van der Waals surface area contributed by atoms with Crippen LogP contribution in [-0.2, 0) is 4.74 Å². The summed E-state index contributed by atoms with van der Waals surface area (Å²) in [6.07, 6.45) is 9.17. The molecule has 2 heterocycles. The van der Waals surface area contributed by atoms with Crippen molar-refractivity contribution in [3.8, 4) is 0 Å². The monoisotopic (exact) mass is 232 g/mol. The molecule has 1 fully saturated rings. The Morgan fingerprint density at radius 3 is 3.00 bits per heavy atom. The van der Waals surface area contributed by atoms with Gasteiger partial charge < -0.3 is 15.0 Å². The number of rotatable bonds is 1. The van der Waals surface area contributed by atoms with Crippen LogP contribution in [-0.4, -0.2) is 44.3 Å². The first-order chi connectivity index (χ1) is 8.45. The molecule has 1 N–H and O–H groups in total. The van der Waals surface area contributed by atoms with Gasteiger partial charge in [0.15, 0.2) is 0 Å². The fourth-order valence-corrected chi connectivity index (χ4v) is 2.79. The first kappa shape index (κ1) is 11.1. The highest BCUT2D eigenvalue weighted by molar-refractivity contribution is 5.44. The van der Waals surface area contributed by atoms with Crippen molar-refractivity contribution >= 4 is 0 Å². The van der Waals surface area contributed by atoms with E-state index in [0.717, 1.165) is 52.2 Å². The largest absolute Gasteiger partial charge is 0.378 e. The quantitative estimate of drug-likeness (QED) is 0.740. The second kappa shape index (κ2) is 5.07. The van der Waals surface area contributed by atoms with Gasteiger partial charge in [0.1, 0.15) is 0 Å². The Kier molecular flexibility index (Phi) is 3.29. The summed E-state index contributed by atoms with van der Waals surface area (Å²) in [5.41, 5.74) is 4.50. The van der Waals surface area contributed by atoms with Crippen LogP contribution >= 0.6 is 0 Å². The zero-order chi connectivity index (χ0) is 11.5. The molecule has 0 unspecified atom stereocenters. The predicted octanol–water partition coefficient (Wildman–Crippen LogP) is 1.45. The van der Waals surface area contributed by atoms with Crippen LogP contribution in [0.1, 0.15) is 12.8 Å². The molecule has 0 amide bonds. The predicted molar refractivity (Wildman–Crippen MR) is 68.7 cm³/mol. The van der Waals surface area contributed by atoms with Crippen LogP contribution in [0.4, 0.5) is 0 Å². The molecule has 92 valence electrons. The number of hydrogen-bond donors (Lipinski definition) is 1. The van der Waals surface area contributed by atoms with Gasteiger partial charge in [0, 0.05) is 25.3 Å². The molecule has 1 saturated heterocycles. The van der Waals surface area contributed by atoms with E-state index in [1.807, 2.05) is 0 Å². The molecule has 0 bridgehead atoms. The Balaban J connectivity index is 1.88. The van der Waals surface area contributed by atoms with E-state index >= 15 is 0 Å². The lowest BCUT2D eigenvalue weighted by molar-refractivity contribution is 0.0543. The lowest BCUT2D eigenvalue weighted by Gasteiger charge is -2.34. The summed E-state index contributed by atoms with van der Waals surface area (Å²) in [6.45, 7) is 5.94. The van der Waals surface area contributed by atoms with Crippen LogP contribution < -0.4 is 5.32 Å². The third-order valence-electron chi connectivity index (χ3n) is 3.68. The summed E-state index contributed by atoms with van der Waals surface area (Å²) < 4.78 is 5.44. The van der Waals surface area contributed by atoms with E-state index in [0.29, 0.717) is 0 Å². The second-order valence-electron chi connectivity index (χ2n) is 4.76. The van der Waals surface area contributed by atoms with Crippen LogP contribution in [0.3, 0.4) is 0 Å². The number of ether oxygens (including phenoxy) is 1. The molecule has 0 atom stereocenters. The molecule has 0 radical (unpaired) electrons. The first-order valence-corrected chi connectivity index (χ1v) is 6.57. The summed E-state index contributed by atoms with van der Waals surface area (Å²) >= 11 is 0. The van der Waals surface area contributed by atoms with Gasteiger partial charge in [-0.2, -0.15) is 0 Å². The van der Waals surface area contributed by atoms with Crippen LogP contribution in [0.2, 0.25) is 0 Å². The minimum atomic E-state index is 0.867. The zero-order valence-electron chi connectivity index (χ0n) is 10.2. The third-order valence-corrected chi connectivity index (χ3v) is 3.68. The van der Waals surface area contributed by atoms with Gasteiger partial charge >= 0.3 is 0 Å². The van der Waals surface area contributed by atoms with Gasteiger partial charge in [0.25, 0.3) is 0 Å². The molecule has 3 heteroatoms. The molecular formula is C14H20N2O. The Labute approximate surface area is 103 Å². The second-order valence-corrected chi connectivity index (χ2v) is 4.76. The SMILES string of the molecule is C1=CC2=C(CCNC2)C(N2CCOCC2)=CC1. The summed E-state index contributed by atoms with van der Waals surface area (Å²) in [7, 11) is 0. The standard InChI is InChI=1S/C14H20N2O/c1-2-4-14(16-7-9-17-10-8-16)13-5-6-15-11-12(13)3-1/h1,3-4,15H,2,5-11H2. The number of hydrogen-bond acceptors (Lipinski definition) is 3. The van der Waals surface area contributed by atoms with Crippen molar-refractivity contribution in [2.45, 2.75) is 12.8 Å². The molecule has 0 aromatic heterocycles. The number of morpholine rings is 1. The van der Waals surface area contributed by atoms with E-state index in [-0.39, 0.29) is 0 Å². The van der Waals surface area contributed by atoms with E-state index in [1.54, 1.807) is 5.57 Å². The Hall–Kier alpha value is -1.06. The topological polar surface area (TPSA) is 24.5 Å². The number of allylic oxidation sites excluding steroid dienone is 3. The van der Waals surface area contributed by atoms with Crippen molar-refractivity contribution in [1.82, 2.24) is 10.2 Å². The molecule has 0 aromatic rings. The first-order valence-electron chi connectivity index (χ1n) is 6.57. The minimum Gasteiger partial charge on any atom is -0.378 e. The summed E-state index contributed by atoms with van der Waals surface area (Å²) in [5.74, 6) is 0.